The first-order chi connectivity index (χ1) is 17.9. The number of nitriles is 1. The fourth-order valence-corrected chi connectivity index (χ4v) is 5.04. The van der Waals surface area contributed by atoms with Crippen LogP contribution < -0.4 is 10.9 Å². The Kier molecular flexibility index (Phi) is 8.21. The number of fused-ring (bicyclic) bond motifs is 1. The average molecular weight is 522 g/mol. The van der Waals surface area contributed by atoms with Crippen LogP contribution in [0.15, 0.2) is 47.5 Å². The highest BCUT2D eigenvalue weighted by Crippen LogP contribution is 2.29. The third kappa shape index (κ3) is 5.66. The quantitative estimate of drug-likeness (QED) is 0.511. The van der Waals surface area contributed by atoms with Crippen LogP contribution in [-0.4, -0.2) is 60.1 Å². The maximum absolute atomic E-state index is 13.6. The normalized spacial score (nSPS) is 14.8. The number of ether oxygens (including phenoxy) is 1. The molecule has 37 heavy (non-hydrogen) atoms. The molecule has 0 aliphatic carbocycles. The number of carbonyl (C=O) groups excluding carboxylic acids is 2. The lowest BCUT2D eigenvalue weighted by molar-refractivity contribution is -0.136. The number of methoxy groups -OCH3 is 1. The Labute approximate surface area is 219 Å². The van der Waals surface area contributed by atoms with Crippen LogP contribution in [0.4, 0.5) is 0 Å². The third-order valence-corrected chi connectivity index (χ3v) is 7.17. The molecule has 1 aliphatic heterocycles. The van der Waals surface area contributed by atoms with E-state index in [2.05, 4.69) is 10.3 Å². The summed E-state index contributed by atoms with van der Waals surface area (Å²) >= 11 is 6.18. The summed E-state index contributed by atoms with van der Waals surface area (Å²) in [5.74, 6) is -0.150. The number of rotatable bonds is 7. The van der Waals surface area contributed by atoms with E-state index in [1.54, 1.807) is 23.1 Å². The van der Waals surface area contributed by atoms with E-state index in [0.29, 0.717) is 40.1 Å². The average Bonchev–Trinajstić information content (AvgIpc) is 2.92. The summed E-state index contributed by atoms with van der Waals surface area (Å²) in [5.41, 5.74) is 2.31. The van der Waals surface area contributed by atoms with Crippen molar-refractivity contribution in [2.75, 3.05) is 33.9 Å². The van der Waals surface area contributed by atoms with Gasteiger partial charge in [-0.2, -0.15) is 5.26 Å². The lowest BCUT2D eigenvalue weighted by Gasteiger charge is -2.32. The number of likely N-dealkylation sites (tertiary alicyclic amines) is 1. The third-order valence-electron chi connectivity index (χ3n) is 6.86. The van der Waals surface area contributed by atoms with Gasteiger partial charge in [-0.15, -0.1) is 0 Å². The van der Waals surface area contributed by atoms with Crippen molar-refractivity contribution in [2.45, 2.75) is 31.2 Å². The van der Waals surface area contributed by atoms with Crippen molar-refractivity contribution in [1.82, 2.24) is 19.8 Å². The van der Waals surface area contributed by atoms with Gasteiger partial charge in [-0.1, -0.05) is 23.7 Å². The van der Waals surface area contributed by atoms with Crippen LogP contribution in [0.25, 0.3) is 10.9 Å². The number of halogens is 1. The zero-order chi connectivity index (χ0) is 26.5. The highest BCUT2D eigenvalue weighted by Gasteiger charge is 2.26. The van der Waals surface area contributed by atoms with Gasteiger partial charge in [-0.05, 0) is 54.2 Å². The van der Waals surface area contributed by atoms with Gasteiger partial charge in [0, 0.05) is 33.7 Å². The maximum Gasteiger partial charge on any atom is 0.261 e. The van der Waals surface area contributed by atoms with Crippen molar-refractivity contribution in [1.29, 1.82) is 5.26 Å². The fraction of sp³-hybridized carbons (Fsp3) is 0.370. The molecule has 4 rings (SSSR count). The van der Waals surface area contributed by atoms with Gasteiger partial charge in [0.25, 0.3) is 5.56 Å². The van der Waals surface area contributed by atoms with Crippen LogP contribution >= 0.6 is 11.6 Å². The number of likely N-dealkylation sites (N-methyl/N-ethyl adjacent to an activating group) is 1. The second-order valence-corrected chi connectivity index (χ2v) is 9.49. The van der Waals surface area contributed by atoms with Crippen molar-refractivity contribution in [3.63, 3.8) is 0 Å². The van der Waals surface area contributed by atoms with Gasteiger partial charge in [-0.25, -0.2) is 4.98 Å². The first-order valence-electron chi connectivity index (χ1n) is 12.0. The molecule has 0 bridgehead atoms. The zero-order valence-corrected chi connectivity index (χ0v) is 21.5. The first-order valence-corrected chi connectivity index (χ1v) is 12.4. The molecule has 0 radical (unpaired) electrons. The monoisotopic (exact) mass is 521 g/mol. The van der Waals surface area contributed by atoms with Gasteiger partial charge in [-0.3, -0.25) is 19.0 Å². The Balaban J connectivity index is 1.63. The SMILES string of the molecule is CNC(=O)C(Cc1ccc(C#N)c(Cl)c1)n1cnc2ccc(C3CCN(C(=O)COC)CC3)cc2c1=O. The number of hydrogen-bond acceptors (Lipinski definition) is 6. The molecule has 9 nitrogen and oxygen atoms in total. The number of hydrogen-bond donors (Lipinski definition) is 1. The van der Waals surface area contributed by atoms with Gasteiger partial charge >= 0.3 is 0 Å². The molecular formula is C27H28ClN5O4. The smallest absolute Gasteiger partial charge is 0.261 e. The molecule has 1 saturated heterocycles. The highest BCUT2D eigenvalue weighted by molar-refractivity contribution is 6.31. The van der Waals surface area contributed by atoms with Crippen molar-refractivity contribution >= 4 is 34.3 Å². The summed E-state index contributed by atoms with van der Waals surface area (Å²) < 4.78 is 6.31. The standard InChI is InChI=1S/C27H28ClN5O4/c1-30-26(35)24(12-17-3-4-20(14-29)22(28)11-17)33-16-31-23-6-5-19(13-21(23)27(33)36)18-7-9-32(10-8-18)25(34)15-37-2/h3-6,11,13,16,18,24H,7-10,12,15H2,1-2H3,(H,30,35). The van der Waals surface area contributed by atoms with Crippen LogP contribution in [0.2, 0.25) is 5.02 Å². The molecule has 2 aromatic carbocycles. The van der Waals surface area contributed by atoms with E-state index in [-0.39, 0.29) is 36.3 Å². The minimum Gasteiger partial charge on any atom is -0.375 e. The van der Waals surface area contributed by atoms with Crippen molar-refractivity contribution in [3.8, 4) is 6.07 Å². The van der Waals surface area contributed by atoms with E-state index in [1.807, 2.05) is 24.3 Å². The fourth-order valence-electron chi connectivity index (χ4n) is 4.79. The molecule has 3 aromatic rings. The Bertz CT molecular complexity index is 1420. The van der Waals surface area contributed by atoms with Crippen LogP contribution in [-0.2, 0) is 20.7 Å². The van der Waals surface area contributed by atoms with E-state index in [0.717, 1.165) is 18.4 Å². The molecule has 1 unspecified atom stereocenters. The minimum atomic E-state index is -0.850. The lowest BCUT2D eigenvalue weighted by Crippen LogP contribution is -2.39. The molecule has 1 aliphatic rings. The molecule has 2 amide bonds. The summed E-state index contributed by atoms with van der Waals surface area (Å²) in [6, 6.07) is 11.8. The maximum atomic E-state index is 13.6. The predicted octanol–water partition coefficient (Wildman–Crippen LogP) is 2.80. The second kappa shape index (κ2) is 11.5. The van der Waals surface area contributed by atoms with Crippen molar-refractivity contribution < 1.29 is 14.3 Å². The zero-order valence-electron chi connectivity index (χ0n) is 20.7. The van der Waals surface area contributed by atoms with Crippen molar-refractivity contribution in [2.24, 2.45) is 0 Å². The van der Waals surface area contributed by atoms with Crippen LogP contribution in [0.3, 0.4) is 0 Å². The van der Waals surface area contributed by atoms with Gasteiger partial charge in [0.15, 0.2) is 0 Å². The number of piperidine rings is 1. The van der Waals surface area contributed by atoms with E-state index in [4.69, 9.17) is 21.6 Å². The number of nitrogens with zero attached hydrogens (tertiary/aromatic N) is 4. The van der Waals surface area contributed by atoms with Gasteiger partial charge in [0.1, 0.15) is 18.7 Å². The number of amides is 2. The lowest BCUT2D eigenvalue weighted by atomic mass is 9.89. The van der Waals surface area contributed by atoms with Gasteiger partial charge in [0.05, 0.1) is 27.8 Å². The van der Waals surface area contributed by atoms with Gasteiger partial charge < -0.3 is 15.0 Å². The molecule has 1 fully saturated rings. The Morgan fingerprint density at radius 3 is 2.65 bits per heavy atom. The molecule has 2 heterocycles. The molecule has 0 saturated carbocycles. The molecule has 1 aromatic heterocycles. The Morgan fingerprint density at radius 2 is 2.00 bits per heavy atom. The molecule has 1 atom stereocenters. The molecule has 192 valence electrons. The van der Waals surface area contributed by atoms with E-state index >= 15 is 0 Å². The minimum absolute atomic E-state index is 0.0182. The predicted molar refractivity (Wildman–Crippen MR) is 139 cm³/mol. The Hall–Kier alpha value is -3.74. The van der Waals surface area contributed by atoms with Gasteiger partial charge in [0.2, 0.25) is 11.8 Å². The first kappa shape index (κ1) is 26.3. The molecule has 10 heteroatoms. The molecular weight excluding hydrogens is 494 g/mol. The summed E-state index contributed by atoms with van der Waals surface area (Å²) in [4.78, 5) is 44.8. The number of benzene rings is 2. The van der Waals surface area contributed by atoms with E-state index < -0.39 is 6.04 Å². The van der Waals surface area contributed by atoms with E-state index in [9.17, 15) is 14.4 Å². The summed E-state index contributed by atoms with van der Waals surface area (Å²) in [6.45, 7) is 1.34. The number of carbonyl (C=O) groups is 2. The van der Waals surface area contributed by atoms with Crippen LogP contribution in [0.5, 0.6) is 0 Å². The van der Waals surface area contributed by atoms with E-state index in [1.165, 1.54) is 25.1 Å². The number of aromatic nitrogens is 2. The van der Waals surface area contributed by atoms with Crippen LogP contribution in [0.1, 0.15) is 41.5 Å². The van der Waals surface area contributed by atoms with Crippen LogP contribution in [0, 0.1) is 11.3 Å². The highest BCUT2D eigenvalue weighted by atomic mass is 35.5. The summed E-state index contributed by atoms with van der Waals surface area (Å²) in [5, 5.41) is 12.5. The molecule has 1 N–H and O–H groups in total. The Morgan fingerprint density at radius 1 is 1.24 bits per heavy atom. The summed E-state index contributed by atoms with van der Waals surface area (Å²) in [7, 11) is 3.03. The topological polar surface area (TPSA) is 117 Å². The number of nitrogens with one attached hydrogen (secondary N) is 1. The largest absolute Gasteiger partial charge is 0.375 e. The second-order valence-electron chi connectivity index (χ2n) is 9.08. The van der Waals surface area contributed by atoms with Crippen molar-refractivity contribution in [3.05, 3.63) is 74.8 Å². The summed E-state index contributed by atoms with van der Waals surface area (Å²) in [6.07, 6.45) is 3.17. The molecule has 0 spiro atoms.